The number of halogens is 2. The number of hydrogen-bond acceptors (Lipinski definition) is 0. The minimum Gasteiger partial charge on any atom is -1.00 e. The van der Waals surface area contributed by atoms with Gasteiger partial charge in [-0.25, -0.2) is 24.3 Å². The van der Waals surface area contributed by atoms with E-state index in [0.717, 1.165) is 0 Å². The zero-order valence-electron chi connectivity index (χ0n) is 13.3. The van der Waals surface area contributed by atoms with E-state index in [1.807, 2.05) is 65.8 Å². The van der Waals surface area contributed by atoms with Gasteiger partial charge in [0.2, 0.25) is 0 Å². The summed E-state index contributed by atoms with van der Waals surface area (Å²) in [4.78, 5) is 0. The molecule has 0 aromatic heterocycles. The molecule has 0 N–H and O–H groups in total. The van der Waals surface area contributed by atoms with Crippen molar-refractivity contribution in [1.29, 1.82) is 0 Å². The average molecular weight is 421 g/mol. The topological polar surface area (TPSA) is 0 Å². The molecule has 0 fully saturated rings. The fourth-order valence-electron chi connectivity index (χ4n) is 1.52. The van der Waals surface area contributed by atoms with Gasteiger partial charge in [0, 0.05) is 0 Å². The van der Waals surface area contributed by atoms with Crippen LogP contribution in [0.15, 0.2) is 54.6 Å². The van der Waals surface area contributed by atoms with Crippen LogP contribution in [0.4, 0.5) is 0 Å². The maximum absolute atomic E-state index is 2.30. The molecule has 0 heterocycles. The Morgan fingerprint density at radius 3 is 1.52 bits per heavy atom. The van der Waals surface area contributed by atoms with Gasteiger partial charge in [-0.3, -0.25) is 0 Å². The zero-order chi connectivity index (χ0) is 14.3. The number of hydrogen-bond donors (Lipinski definition) is 0. The standard InChI is InChI=1S/C6H14Si.C6H7.C5H5.2ClH.Zr/c1-3-5-7-6-4-2;1-6-4-2-3-5-6;1-2-4-5-3-1;;;/h3-6H2,1-2H3;2-5H,1H3;1-5H;2*1H;/q;2*-1;;;+2/p-2. The van der Waals surface area contributed by atoms with Gasteiger partial charge in [-0.05, 0) is 0 Å². The van der Waals surface area contributed by atoms with Crippen molar-refractivity contribution < 1.29 is 48.1 Å². The quantitative estimate of drug-likeness (QED) is 0.461. The van der Waals surface area contributed by atoms with Crippen LogP contribution in [0.1, 0.15) is 32.3 Å². The molecule has 2 rings (SSSR count). The monoisotopic (exact) mass is 418 g/mol. The van der Waals surface area contributed by atoms with E-state index < -0.39 is 0 Å². The Hall–Kier alpha value is 0.380. The molecule has 0 saturated heterocycles. The third kappa shape index (κ3) is 20.4. The van der Waals surface area contributed by atoms with E-state index >= 15 is 0 Å². The molecule has 2 aromatic rings. The first kappa shape index (κ1) is 26.3. The SMILES string of the molecule is CCC[Si](=[Zr+2])CCC.C[c-]1cccc1.[Cl-].[Cl-].c1cc[cH-]c1. The summed E-state index contributed by atoms with van der Waals surface area (Å²) in [5.74, 6) is 0. The predicted octanol–water partition coefficient (Wildman–Crippen LogP) is -0.528. The van der Waals surface area contributed by atoms with Gasteiger partial charge >= 0.3 is 67.5 Å². The Morgan fingerprint density at radius 1 is 0.905 bits per heavy atom. The molecule has 0 amide bonds. The van der Waals surface area contributed by atoms with Crippen LogP contribution >= 0.6 is 0 Å². The maximum atomic E-state index is 2.30. The number of rotatable bonds is 4. The van der Waals surface area contributed by atoms with Crippen molar-refractivity contribution in [2.45, 2.75) is 45.7 Å². The fourth-order valence-corrected chi connectivity index (χ4v) is 6.66. The molecule has 0 saturated carbocycles. The molecule has 0 bridgehead atoms. The van der Waals surface area contributed by atoms with Crippen LogP contribution in [0.2, 0.25) is 12.1 Å². The molecule has 0 radical (unpaired) electrons. The summed E-state index contributed by atoms with van der Waals surface area (Å²) in [7, 11) is 0. The normalized spacial score (nSPS) is 8.05. The summed E-state index contributed by atoms with van der Waals surface area (Å²) in [5.41, 5.74) is 1.54. The molecule has 0 aliphatic heterocycles. The Kier molecular flexibility index (Phi) is 25.5. The summed E-state index contributed by atoms with van der Waals surface area (Å²) < 4.78 is 0. The van der Waals surface area contributed by atoms with Crippen molar-refractivity contribution >= 4 is 5.43 Å². The van der Waals surface area contributed by atoms with Gasteiger partial charge in [-0.15, -0.1) is 0 Å². The first-order chi connectivity index (χ1) is 9.20. The Bertz CT molecular complexity index is 358. The minimum atomic E-state index is 0. The van der Waals surface area contributed by atoms with E-state index in [-0.39, 0.29) is 30.2 Å². The maximum Gasteiger partial charge on any atom is -0.0860 e. The van der Waals surface area contributed by atoms with E-state index in [1.165, 1.54) is 18.4 Å². The van der Waals surface area contributed by atoms with Gasteiger partial charge < -0.3 is 24.8 Å². The molecule has 0 aliphatic rings. The van der Waals surface area contributed by atoms with Crippen molar-refractivity contribution in [1.82, 2.24) is 0 Å². The first-order valence-electron chi connectivity index (χ1n) is 7.12. The van der Waals surface area contributed by atoms with Crippen LogP contribution in [0.5, 0.6) is 0 Å². The van der Waals surface area contributed by atoms with Crippen LogP contribution in [-0.4, -0.2) is 5.43 Å². The molecule has 0 atom stereocenters. The van der Waals surface area contributed by atoms with Crippen LogP contribution in [0.25, 0.3) is 0 Å². The van der Waals surface area contributed by atoms with E-state index in [9.17, 15) is 0 Å². The Morgan fingerprint density at radius 2 is 1.33 bits per heavy atom. The molecule has 0 unspecified atom stereocenters. The number of aryl methyl sites for hydroxylation is 1. The second kappa shape index (κ2) is 20.4. The second-order valence-electron chi connectivity index (χ2n) is 4.53. The Balaban J connectivity index is -0.000000225. The third-order valence-corrected chi connectivity index (χ3v) is 8.38. The van der Waals surface area contributed by atoms with Gasteiger partial charge in [-0.2, -0.15) is 35.9 Å². The molecule has 0 aliphatic carbocycles. The van der Waals surface area contributed by atoms with Crippen molar-refractivity contribution in [3.63, 3.8) is 0 Å². The van der Waals surface area contributed by atoms with Crippen molar-refractivity contribution in [2.24, 2.45) is 0 Å². The average Bonchev–Trinajstić information content (AvgIpc) is 3.05. The van der Waals surface area contributed by atoms with Crippen LogP contribution in [-0.2, 0) is 23.3 Å². The van der Waals surface area contributed by atoms with Crippen molar-refractivity contribution in [3.05, 3.63) is 60.2 Å². The molecule has 4 heteroatoms. The Labute approximate surface area is 158 Å². The van der Waals surface area contributed by atoms with Crippen LogP contribution < -0.4 is 24.8 Å². The molecule has 2 aromatic carbocycles. The van der Waals surface area contributed by atoms with E-state index in [2.05, 4.69) is 32.9 Å². The van der Waals surface area contributed by atoms with Crippen molar-refractivity contribution in [2.75, 3.05) is 0 Å². The zero-order valence-corrected chi connectivity index (χ0v) is 18.3. The summed E-state index contributed by atoms with van der Waals surface area (Å²) in [6.07, 6.45) is 2.83. The third-order valence-electron chi connectivity index (χ3n) is 2.49. The summed E-state index contributed by atoms with van der Waals surface area (Å²) in [6, 6.07) is 21.3. The van der Waals surface area contributed by atoms with Gasteiger partial charge in [-0.1, -0.05) is 6.92 Å². The van der Waals surface area contributed by atoms with Gasteiger partial charge in [0.05, 0.1) is 0 Å². The van der Waals surface area contributed by atoms with E-state index in [0.29, 0.717) is 0 Å². The van der Waals surface area contributed by atoms with Gasteiger partial charge in [0.1, 0.15) is 0 Å². The van der Waals surface area contributed by atoms with Crippen LogP contribution in [0, 0.1) is 6.92 Å². The molecular formula is C17H26Cl2SiZr-2. The molecule has 0 nitrogen and oxygen atoms in total. The summed E-state index contributed by atoms with van der Waals surface area (Å²) in [5, 5.41) is 0. The predicted molar refractivity (Wildman–Crippen MR) is 84.8 cm³/mol. The van der Waals surface area contributed by atoms with E-state index in [4.69, 9.17) is 0 Å². The van der Waals surface area contributed by atoms with Gasteiger partial charge in [0.25, 0.3) is 0 Å². The summed E-state index contributed by atoms with van der Waals surface area (Å²) in [6.45, 7) is 6.68. The van der Waals surface area contributed by atoms with E-state index in [1.54, 1.807) is 12.1 Å². The largest absolute Gasteiger partial charge is 1.00 e. The smallest absolute Gasteiger partial charge is 0.0860 e. The fraction of sp³-hybridized carbons (Fsp3) is 0.412. The van der Waals surface area contributed by atoms with Crippen molar-refractivity contribution in [3.8, 4) is 0 Å². The first-order valence-corrected chi connectivity index (χ1v) is 12.7. The van der Waals surface area contributed by atoms with Crippen LogP contribution in [0.3, 0.4) is 0 Å². The molecule has 0 spiro atoms. The molecular weight excluding hydrogens is 394 g/mol. The summed E-state index contributed by atoms with van der Waals surface area (Å²) >= 11 is 1.84. The van der Waals surface area contributed by atoms with Gasteiger partial charge in [0.15, 0.2) is 0 Å². The molecule has 118 valence electrons. The molecule has 21 heavy (non-hydrogen) atoms. The minimum absolute atomic E-state index is 0. The second-order valence-corrected chi connectivity index (χ2v) is 11.9.